The van der Waals surface area contributed by atoms with Crippen LogP contribution in [0.25, 0.3) is 32.7 Å². The Balaban J connectivity index is 2.11. The first-order valence-electron chi connectivity index (χ1n) is 8.74. The molecule has 0 aliphatic heterocycles. The second-order valence-electron chi connectivity index (χ2n) is 6.34. The van der Waals surface area contributed by atoms with E-state index in [4.69, 9.17) is 14.2 Å². The first-order valence-corrected chi connectivity index (χ1v) is 10.9. The third-order valence-electron chi connectivity index (χ3n) is 4.65. The molecule has 142 valence electrons. The molecular weight excluding hydrogens is 578 g/mol. The van der Waals surface area contributed by atoms with Crippen molar-refractivity contribution in [3.63, 3.8) is 0 Å². The SMILES string of the molecule is COC(OC)Oc1c(I)cc2ccccc2c1-c1cc(I)cc2ccccc12. The van der Waals surface area contributed by atoms with Crippen molar-refractivity contribution >= 4 is 66.7 Å². The average Bonchev–Trinajstić information content (AvgIpc) is 2.71. The van der Waals surface area contributed by atoms with Gasteiger partial charge in [0.1, 0.15) is 5.75 Å². The summed E-state index contributed by atoms with van der Waals surface area (Å²) in [7, 11) is 3.14. The maximum atomic E-state index is 6.17. The lowest BCUT2D eigenvalue weighted by Gasteiger charge is -2.21. The highest BCUT2D eigenvalue weighted by Crippen LogP contribution is 2.44. The lowest BCUT2D eigenvalue weighted by Crippen LogP contribution is -2.21. The minimum atomic E-state index is -0.775. The minimum Gasteiger partial charge on any atom is -0.439 e. The summed E-state index contributed by atoms with van der Waals surface area (Å²) in [6, 6.07) is 23.4. The fourth-order valence-corrected chi connectivity index (χ4v) is 4.83. The number of benzene rings is 4. The fraction of sp³-hybridized carbons (Fsp3) is 0.130. The van der Waals surface area contributed by atoms with Gasteiger partial charge in [0.25, 0.3) is 0 Å². The summed E-state index contributed by atoms with van der Waals surface area (Å²) in [6.07, 6.45) is 0. The molecule has 5 heteroatoms. The Hall–Kier alpha value is -1.42. The number of halogens is 2. The van der Waals surface area contributed by atoms with Crippen molar-refractivity contribution < 1.29 is 14.2 Å². The van der Waals surface area contributed by atoms with E-state index >= 15 is 0 Å². The third-order valence-corrected chi connectivity index (χ3v) is 6.08. The van der Waals surface area contributed by atoms with Gasteiger partial charge in [-0.1, -0.05) is 48.5 Å². The van der Waals surface area contributed by atoms with Crippen LogP contribution in [0.2, 0.25) is 0 Å². The van der Waals surface area contributed by atoms with Gasteiger partial charge in [-0.25, -0.2) is 0 Å². The van der Waals surface area contributed by atoms with Crippen LogP contribution in [-0.4, -0.2) is 20.7 Å². The maximum absolute atomic E-state index is 6.17. The van der Waals surface area contributed by atoms with Crippen molar-refractivity contribution in [3.05, 3.63) is 73.9 Å². The van der Waals surface area contributed by atoms with Crippen molar-refractivity contribution in [2.45, 2.75) is 6.48 Å². The highest BCUT2D eigenvalue weighted by molar-refractivity contribution is 14.1. The molecule has 0 saturated carbocycles. The largest absolute Gasteiger partial charge is 0.439 e. The Morgan fingerprint density at radius 2 is 1.36 bits per heavy atom. The summed E-state index contributed by atoms with van der Waals surface area (Å²) in [5, 5.41) is 4.69. The summed E-state index contributed by atoms with van der Waals surface area (Å²) in [5.41, 5.74) is 2.19. The topological polar surface area (TPSA) is 27.7 Å². The van der Waals surface area contributed by atoms with Gasteiger partial charge >= 0.3 is 6.48 Å². The Bertz CT molecular complexity index is 1150. The molecule has 0 radical (unpaired) electrons. The molecule has 0 saturated heterocycles. The van der Waals surface area contributed by atoms with Gasteiger partial charge in [0.2, 0.25) is 0 Å². The molecule has 4 rings (SSSR count). The van der Waals surface area contributed by atoms with E-state index in [1.165, 1.54) is 19.7 Å². The van der Waals surface area contributed by atoms with E-state index in [2.05, 4.69) is 112 Å². The predicted molar refractivity (Wildman–Crippen MR) is 131 cm³/mol. The van der Waals surface area contributed by atoms with Gasteiger partial charge in [-0.3, -0.25) is 0 Å². The van der Waals surface area contributed by atoms with Crippen LogP contribution >= 0.6 is 45.2 Å². The van der Waals surface area contributed by atoms with E-state index in [9.17, 15) is 0 Å². The van der Waals surface area contributed by atoms with Gasteiger partial charge in [0.15, 0.2) is 0 Å². The molecule has 0 bridgehead atoms. The van der Waals surface area contributed by atoms with Crippen molar-refractivity contribution in [1.29, 1.82) is 0 Å². The molecule has 0 aliphatic rings. The Labute approximate surface area is 191 Å². The molecule has 0 unspecified atom stereocenters. The second-order valence-corrected chi connectivity index (χ2v) is 8.74. The predicted octanol–water partition coefficient (Wildman–Crippen LogP) is 6.82. The molecule has 4 aromatic rings. The number of rotatable bonds is 5. The summed E-state index contributed by atoms with van der Waals surface area (Å²) in [4.78, 5) is 0. The molecule has 28 heavy (non-hydrogen) atoms. The summed E-state index contributed by atoms with van der Waals surface area (Å²) < 4.78 is 19.0. The molecular formula is C23H18I2O3. The molecule has 3 nitrogen and oxygen atoms in total. The summed E-state index contributed by atoms with van der Waals surface area (Å²) >= 11 is 4.69. The van der Waals surface area contributed by atoms with Gasteiger partial charge in [-0.05, 0) is 90.5 Å². The van der Waals surface area contributed by atoms with Crippen LogP contribution in [0.3, 0.4) is 0 Å². The standard InChI is InChI=1S/C23H18I2O3/c1-26-23(27-2)28-22-20(25)12-15-8-4-6-10-18(15)21(22)19-13-16(24)11-14-7-3-5-9-17(14)19/h3-13,23H,1-2H3. The van der Waals surface area contributed by atoms with Gasteiger partial charge in [0, 0.05) is 23.4 Å². The first kappa shape index (κ1) is 19.9. The zero-order chi connectivity index (χ0) is 19.7. The van der Waals surface area contributed by atoms with Crippen LogP contribution in [0, 0.1) is 7.14 Å². The highest BCUT2D eigenvalue weighted by Gasteiger charge is 2.21. The van der Waals surface area contributed by atoms with E-state index in [1.807, 2.05) is 0 Å². The van der Waals surface area contributed by atoms with E-state index in [1.54, 1.807) is 14.2 Å². The quantitative estimate of drug-likeness (QED) is 0.187. The highest BCUT2D eigenvalue weighted by atomic mass is 127. The summed E-state index contributed by atoms with van der Waals surface area (Å²) in [5.74, 6) is 0.764. The van der Waals surface area contributed by atoms with E-state index in [-0.39, 0.29) is 0 Å². The zero-order valence-corrected chi connectivity index (χ0v) is 19.7. The molecule has 0 spiro atoms. The number of hydrogen-bond acceptors (Lipinski definition) is 3. The van der Waals surface area contributed by atoms with Crippen LogP contribution in [0.4, 0.5) is 0 Å². The number of ether oxygens (including phenoxy) is 3. The average molecular weight is 596 g/mol. The van der Waals surface area contributed by atoms with Gasteiger partial charge in [0.05, 0.1) is 3.57 Å². The lowest BCUT2D eigenvalue weighted by molar-refractivity contribution is -0.219. The lowest BCUT2D eigenvalue weighted by atomic mass is 9.93. The van der Waals surface area contributed by atoms with Crippen LogP contribution in [-0.2, 0) is 9.47 Å². The molecule has 0 fully saturated rings. The van der Waals surface area contributed by atoms with Crippen molar-refractivity contribution in [1.82, 2.24) is 0 Å². The summed E-state index contributed by atoms with van der Waals surface area (Å²) in [6.45, 7) is -0.775. The van der Waals surface area contributed by atoms with E-state index < -0.39 is 6.48 Å². The van der Waals surface area contributed by atoms with Crippen molar-refractivity contribution in [2.75, 3.05) is 14.2 Å². The molecule has 4 aromatic carbocycles. The molecule has 0 aliphatic carbocycles. The van der Waals surface area contributed by atoms with E-state index in [0.717, 1.165) is 25.8 Å². The van der Waals surface area contributed by atoms with Crippen LogP contribution in [0.15, 0.2) is 66.7 Å². The van der Waals surface area contributed by atoms with E-state index in [0.29, 0.717) is 0 Å². The smallest absolute Gasteiger partial charge is 0.315 e. The van der Waals surface area contributed by atoms with Crippen LogP contribution in [0.5, 0.6) is 5.75 Å². The number of methoxy groups -OCH3 is 2. The maximum Gasteiger partial charge on any atom is 0.315 e. The van der Waals surface area contributed by atoms with Crippen molar-refractivity contribution in [3.8, 4) is 16.9 Å². The Morgan fingerprint density at radius 1 is 0.750 bits per heavy atom. The third kappa shape index (κ3) is 3.72. The number of hydrogen-bond donors (Lipinski definition) is 0. The molecule has 0 amide bonds. The van der Waals surface area contributed by atoms with Crippen LogP contribution in [0.1, 0.15) is 0 Å². The Kier molecular flexibility index (Phi) is 6.05. The normalized spacial score (nSPS) is 11.5. The minimum absolute atomic E-state index is 0.764. The zero-order valence-electron chi connectivity index (χ0n) is 15.4. The van der Waals surface area contributed by atoms with Crippen molar-refractivity contribution in [2.24, 2.45) is 0 Å². The first-order chi connectivity index (χ1) is 13.6. The Morgan fingerprint density at radius 3 is 2.04 bits per heavy atom. The molecule has 0 aromatic heterocycles. The van der Waals surface area contributed by atoms with Gasteiger partial charge in [-0.15, -0.1) is 0 Å². The van der Waals surface area contributed by atoms with Gasteiger partial charge < -0.3 is 14.2 Å². The number of fused-ring (bicyclic) bond motifs is 2. The molecule has 0 N–H and O–H groups in total. The van der Waals surface area contributed by atoms with Crippen LogP contribution < -0.4 is 4.74 Å². The molecule has 0 heterocycles. The second kappa shape index (κ2) is 8.52. The van der Waals surface area contributed by atoms with Gasteiger partial charge in [-0.2, -0.15) is 0 Å². The monoisotopic (exact) mass is 596 g/mol. The fourth-order valence-electron chi connectivity index (χ4n) is 3.45. The molecule has 0 atom stereocenters.